The molecule has 201 valence electrons. The molecule has 1 radical (unpaired) electrons. The number of fused-ring (bicyclic) bond motifs is 6. The number of rotatable bonds is 3. The molecule has 0 spiro atoms. The molecule has 0 saturated carbocycles. The summed E-state index contributed by atoms with van der Waals surface area (Å²) in [4.78, 5) is 3.60. The fourth-order valence-electron chi connectivity index (χ4n) is 5.59. The van der Waals surface area contributed by atoms with E-state index in [2.05, 4.69) is 107 Å². The second-order valence-electron chi connectivity index (χ2n) is 9.97. The van der Waals surface area contributed by atoms with Crippen LogP contribution in [0.4, 0.5) is 5.69 Å². The Morgan fingerprint density at radius 2 is 1.29 bits per heavy atom. The molecule has 2 aromatic heterocycles. The molecule has 0 unspecified atom stereocenters. The third-order valence-corrected chi connectivity index (χ3v) is 7.55. The Hall–Kier alpha value is -4.38. The normalized spacial score (nSPS) is 10.9. The zero-order valence-corrected chi connectivity index (χ0v) is 25.9. The van der Waals surface area contributed by atoms with Gasteiger partial charge < -0.3 is 19.8 Å². The van der Waals surface area contributed by atoms with Crippen LogP contribution in [0.1, 0.15) is 0 Å². The summed E-state index contributed by atoms with van der Waals surface area (Å²) in [6.07, 6.45) is 0. The minimum atomic E-state index is 0. The topological polar surface area (TPSA) is 63.3 Å². The molecule has 4 nitrogen and oxygen atoms in total. The average Bonchev–Trinajstić information content (AvgIpc) is 3.61. The van der Waals surface area contributed by atoms with Gasteiger partial charge in [0.05, 0.1) is 5.39 Å². The van der Waals surface area contributed by atoms with Crippen molar-refractivity contribution >= 4 is 49.4 Å². The maximum absolute atomic E-state index is 10.1. The molecular weight excluding hydrogens is 593 g/mol. The Labute approximate surface area is 268 Å². The van der Waals surface area contributed by atoms with Crippen molar-refractivity contribution < 1.29 is 42.2 Å². The number of nitrogens with zero attached hydrogens (tertiary/aromatic N) is 1. The van der Waals surface area contributed by atoms with E-state index in [1.165, 1.54) is 44.1 Å². The SMILES string of the molecule is C[N-]c1ccc2oc3ccccc3c2c1O.[Y].c1ccc(-c2ccc3c(c2)[nH]c2cccc(-c4ccccc4)c23)cc1. The van der Waals surface area contributed by atoms with Crippen molar-refractivity contribution in [2.75, 3.05) is 7.05 Å². The van der Waals surface area contributed by atoms with Gasteiger partial charge in [-0.3, -0.25) is 0 Å². The Balaban J connectivity index is 0.000000161. The Morgan fingerprint density at radius 1 is 0.571 bits per heavy atom. The Morgan fingerprint density at radius 3 is 2.05 bits per heavy atom. The first-order valence-electron chi connectivity index (χ1n) is 13.6. The second kappa shape index (κ2) is 11.9. The molecule has 0 aliphatic rings. The molecule has 0 amide bonds. The van der Waals surface area contributed by atoms with Gasteiger partial charge in [-0.1, -0.05) is 115 Å². The molecule has 0 atom stereocenters. The van der Waals surface area contributed by atoms with Gasteiger partial charge in [-0.25, -0.2) is 0 Å². The van der Waals surface area contributed by atoms with Crippen molar-refractivity contribution in [2.45, 2.75) is 0 Å². The predicted molar refractivity (Wildman–Crippen MR) is 171 cm³/mol. The van der Waals surface area contributed by atoms with Crippen molar-refractivity contribution in [3.63, 3.8) is 0 Å². The molecule has 42 heavy (non-hydrogen) atoms. The average molecular weight is 621 g/mol. The summed E-state index contributed by atoms with van der Waals surface area (Å²) in [6.45, 7) is 0. The number of phenols is 1. The van der Waals surface area contributed by atoms with Crippen LogP contribution in [0.15, 0.2) is 138 Å². The molecule has 2 heterocycles. The standard InChI is InChI=1S/C24H17N.C13H10NO2.Y/c1-3-8-17(9-4-1)19-14-15-21-23(16-19)25-22-13-7-12-20(24(21)22)18-10-5-2-6-11-18;1-14-9-6-7-11-12(13(9)15)8-4-2-3-5-10(8)16-11;/h1-16,25H;2-7,15H,1H3;/q;-1;. The molecule has 5 heteroatoms. The van der Waals surface area contributed by atoms with Gasteiger partial charge in [-0.15, -0.1) is 7.05 Å². The molecular formula is C37H27N2O2Y-. The van der Waals surface area contributed by atoms with Gasteiger partial charge in [0.2, 0.25) is 0 Å². The number of furan rings is 1. The van der Waals surface area contributed by atoms with Crippen molar-refractivity contribution in [1.29, 1.82) is 0 Å². The largest absolute Gasteiger partial charge is 0.684 e. The molecule has 8 rings (SSSR count). The quantitative estimate of drug-likeness (QED) is 0.206. The van der Waals surface area contributed by atoms with Crippen molar-refractivity contribution in [1.82, 2.24) is 4.98 Å². The maximum atomic E-state index is 10.1. The number of phenolic OH excluding ortho intramolecular Hbond substituents is 1. The van der Waals surface area contributed by atoms with Gasteiger partial charge >= 0.3 is 0 Å². The van der Waals surface area contributed by atoms with Crippen LogP contribution in [0.25, 0.3) is 71.3 Å². The molecule has 0 aliphatic carbocycles. The molecule has 8 aromatic rings. The number of aromatic nitrogens is 1. The van der Waals surface area contributed by atoms with E-state index in [9.17, 15) is 5.11 Å². The maximum Gasteiger partial charge on any atom is 0.139 e. The zero-order valence-electron chi connectivity index (χ0n) is 23.1. The fraction of sp³-hybridized carbons (Fsp3) is 0.0270. The van der Waals surface area contributed by atoms with Crippen LogP contribution < -0.4 is 0 Å². The van der Waals surface area contributed by atoms with E-state index in [-0.39, 0.29) is 38.5 Å². The molecule has 2 N–H and O–H groups in total. The van der Waals surface area contributed by atoms with E-state index in [0.717, 1.165) is 16.4 Å². The molecule has 0 aliphatic heterocycles. The number of H-pyrrole nitrogens is 1. The minimum absolute atomic E-state index is 0. The van der Waals surface area contributed by atoms with Crippen LogP contribution in [-0.4, -0.2) is 17.1 Å². The fourth-order valence-corrected chi connectivity index (χ4v) is 5.59. The Kier molecular flexibility index (Phi) is 7.84. The van der Waals surface area contributed by atoms with Gasteiger partial charge in [-0.05, 0) is 46.5 Å². The van der Waals surface area contributed by atoms with Crippen LogP contribution in [-0.2, 0) is 32.7 Å². The van der Waals surface area contributed by atoms with Gasteiger partial charge in [0.15, 0.2) is 0 Å². The van der Waals surface area contributed by atoms with E-state index < -0.39 is 0 Å². The van der Waals surface area contributed by atoms with Crippen LogP contribution in [0.2, 0.25) is 0 Å². The van der Waals surface area contributed by atoms with Crippen LogP contribution >= 0.6 is 0 Å². The smallest absolute Gasteiger partial charge is 0.139 e. The van der Waals surface area contributed by atoms with E-state index in [1.54, 1.807) is 13.1 Å². The van der Waals surface area contributed by atoms with E-state index in [1.807, 2.05) is 30.3 Å². The third kappa shape index (κ3) is 4.98. The zero-order chi connectivity index (χ0) is 27.8. The summed E-state index contributed by atoms with van der Waals surface area (Å²) >= 11 is 0. The van der Waals surface area contributed by atoms with Gasteiger partial charge in [-0.2, -0.15) is 0 Å². The summed E-state index contributed by atoms with van der Waals surface area (Å²) in [7, 11) is 1.66. The van der Waals surface area contributed by atoms with Gasteiger partial charge in [0.25, 0.3) is 0 Å². The molecule has 0 saturated heterocycles. The first-order chi connectivity index (χ1) is 20.2. The minimum Gasteiger partial charge on any atom is -0.684 e. The van der Waals surface area contributed by atoms with E-state index >= 15 is 0 Å². The van der Waals surface area contributed by atoms with Gasteiger partial charge in [0.1, 0.15) is 16.9 Å². The van der Waals surface area contributed by atoms with Crippen molar-refractivity contribution in [2.24, 2.45) is 0 Å². The van der Waals surface area contributed by atoms with E-state index in [4.69, 9.17) is 4.42 Å². The summed E-state index contributed by atoms with van der Waals surface area (Å²) in [5.74, 6) is 0.185. The first kappa shape index (κ1) is 27.8. The number of aromatic amines is 1. The van der Waals surface area contributed by atoms with Gasteiger partial charge in [0, 0.05) is 59.9 Å². The molecule has 0 bridgehead atoms. The number of benzene rings is 6. The Bertz CT molecular complexity index is 2150. The number of aromatic hydroxyl groups is 1. The van der Waals surface area contributed by atoms with Crippen LogP contribution in [0.5, 0.6) is 5.75 Å². The monoisotopic (exact) mass is 620 g/mol. The number of nitrogens with one attached hydrogen (secondary N) is 1. The van der Waals surface area contributed by atoms with Crippen molar-refractivity contribution in [3.05, 3.63) is 139 Å². The summed E-state index contributed by atoms with van der Waals surface area (Å²) < 4.78 is 5.63. The summed E-state index contributed by atoms with van der Waals surface area (Å²) in [5.41, 5.74) is 9.41. The third-order valence-electron chi connectivity index (χ3n) is 7.55. The number of hydrogen-bond donors (Lipinski definition) is 2. The second-order valence-corrected chi connectivity index (χ2v) is 9.97. The van der Waals surface area contributed by atoms with Crippen LogP contribution in [0, 0.1) is 0 Å². The number of hydrogen-bond acceptors (Lipinski definition) is 2. The van der Waals surface area contributed by atoms with Crippen molar-refractivity contribution in [3.8, 4) is 28.0 Å². The molecule has 6 aromatic carbocycles. The summed E-state index contributed by atoms with van der Waals surface area (Å²) in [6, 6.07) is 45.5. The van der Waals surface area contributed by atoms with E-state index in [0.29, 0.717) is 11.3 Å². The van der Waals surface area contributed by atoms with Crippen LogP contribution in [0.3, 0.4) is 0 Å². The first-order valence-corrected chi connectivity index (χ1v) is 13.6. The summed E-state index contributed by atoms with van der Waals surface area (Å²) in [5, 5.41) is 18.3. The predicted octanol–water partition coefficient (Wildman–Crippen LogP) is 10.6. The molecule has 0 fully saturated rings. The number of para-hydroxylation sites is 1.